The molecule has 0 unspecified atom stereocenters. The molecule has 0 aromatic carbocycles. The highest BCUT2D eigenvalue weighted by molar-refractivity contribution is 5.67. The quantitative estimate of drug-likeness (QED) is 0.706. The summed E-state index contributed by atoms with van der Waals surface area (Å²) in [4.78, 5) is 13.5. The van der Waals surface area contributed by atoms with Gasteiger partial charge in [-0.05, 0) is 46.0 Å². The van der Waals surface area contributed by atoms with Crippen molar-refractivity contribution >= 4 is 6.09 Å². The first-order valence-electron chi connectivity index (χ1n) is 6.48. The lowest BCUT2D eigenvalue weighted by atomic mass is 9.92. The van der Waals surface area contributed by atoms with Crippen LogP contribution in [0.25, 0.3) is 0 Å². The molecule has 1 rings (SSSR count). The number of carbonyl (C=O) groups excluding carboxylic acids is 1. The van der Waals surface area contributed by atoms with Gasteiger partial charge >= 0.3 is 6.09 Å². The van der Waals surface area contributed by atoms with E-state index >= 15 is 0 Å². The zero-order valence-corrected chi connectivity index (χ0v) is 11.2. The van der Waals surface area contributed by atoms with Crippen molar-refractivity contribution in [2.75, 3.05) is 13.1 Å². The number of carbonyl (C=O) groups is 1. The van der Waals surface area contributed by atoms with Crippen molar-refractivity contribution < 1.29 is 9.53 Å². The molecule has 1 amide bonds. The zero-order valence-electron chi connectivity index (χ0n) is 11.2. The number of ether oxygens (including phenoxy) is 1. The molecule has 0 aliphatic carbocycles. The monoisotopic (exact) mass is 237 g/mol. The van der Waals surface area contributed by atoms with E-state index in [-0.39, 0.29) is 12.2 Å². The number of hydrogen-bond donors (Lipinski definition) is 0. The lowest BCUT2D eigenvalue weighted by Gasteiger charge is -2.31. The Hall–Kier alpha value is -1.17. The van der Waals surface area contributed by atoms with Gasteiger partial charge in [0.1, 0.15) is 0 Å². The van der Waals surface area contributed by atoms with Gasteiger partial charge in [-0.25, -0.2) is 4.79 Å². The summed E-state index contributed by atoms with van der Waals surface area (Å²) < 4.78 is 5.19. The summed E-state index contributed by atoms with van der Waals surface area (Å²) in [7, 11) is 0. The van der Waals surface area contributed by atoms with E-state index in [9.17, 15) is 4.79 Å². The molecule has 0 spiro atoms. The molecular weight excluding hydrogens is 214 g/mol. The highest BCUT2D eigenvalue weighted by Gasteiger charge is 2.23. The summed E-state index contributed by atoms with van der Waals surface area (Å²) in [5.74, 6) is 6.74. The summed E-state index contributed by atoms with van der Waals surface area (Å²) in [5.41, 5.74) is 0. The number of nitrogens with zero attached hydrogens (tertiary/aromatic N) is 1. The molecule has 1 aliphatic heterocycles. The molecule has 1 aliphatic rings. The van der Waals surface area contributed by atoms with Crippen LogP contribution in [0, 0.1) is 17.8 Å². The maximum Gasteiger partial charge on any atom is 0.410 e. The van der Waals surface area contributed by atoms with Gasteiger partial charge in [0.2, 0.25) is 0 Å². The molecule has 96 valence electrons. The maximum atomic E-state index is 11.7. The number of amides is 1. The van der Waals surface area contributed by atoms with E-state index in [2.05, 4.69) is 11.8 Å². The van der Waals surface area contributed by atoms with E-state index < -0.39 is 0 Å². The van der Waals surface area contributed by atoms with Crippen LogP contribution in [0.1, 0.15) is 46.5 Å². The third kappa shape index (κ3) is 5.12. The van der Waals surface area contributed by atoms with Gasteiger partial charge in [-0.3, -0.25) is 0 Å². The van der Waals surface area contributed by atoms with Gasteiger partial charge in [-0.2, -0.15) is 0 Å². The van der Waals surface area contributed by atoms with Gasteiger partial charge in [-0.1, -0.05) is 0 Å². The average Bonchev–Trinajstić information content (AvgIpc) is 2.29. The molecule has 0 aromatic heterocycles. The van der Waals surface area contributed by atoms with Crippen molar-refractivity contribution in [3.8, 4) is 11.8 Å². The second-order valence-electron chi connectivity index (χ2n) is 4.83. The Labute approximate surface area is 105 Å². The minimum Gasteiger partial charge on any atom is -0.447 e. The van der Waals surface area contributed by atoms with Crippen molar-refractivity contribution in [2.24, 2.45) is 5.92 Å². The molecule has 0 bridgehead atoms. The molecule has 0 atom stereocenters. The first-order valence-corrected chi connectivity index (χ1v) is 6.48. The number of hydrogen-bond acceptors (Lipinski definition) is 2. The zero-order chi connectivity index (χ0) is 12.7. The molecule has 17 heavy (non-hydrogen) atoms. The van der Waals surface area contributed by atoms with E-state index in [0.29, 0.717) is 0 Å². The molecule has 0 saturated carbocycles. The first-order chi connectivity index (χ1) is 8.13. The van der Waals surface area contributed by atoms with Gasteiger partial charge in [0.25, 0.3) is 0 Å². The van der Waals surface area contributed by atoms with Gasteiger partial charge in [0, 0.05) is 19.5 Å². The SMILES string of the molecule is CC#CCCC1CCN(C(=O)OC(C)C)CC1. The lowest BCUT2D eigenvalue weighted by molar-refractivity contribution is 0.0649. The molecule has 3 nitrogen and oxygen atoms in total. The van der Waals surface area contributed by atoms with E-state index in [1.54, 1.807) is 0 Å². The average molecular weight is 237 g/mol. The van der Waals surface area contributed by atoms with Crippen LogP contribution in [0.15, 0.2) is 0 Å². The van der Waals surface area contributed by atoms with Gasteiger partial charge < -0.3 is 9.64 Å². The Morgan fingerprint density at radius 2 is 2.06 bits per heavy atom. The second-order valence-corrected chi connectivity index (χ2v) is 4.83. The van der Waals surface area contributed by atoms with E-state index in [4.69, 9.17) is 4.74 Å². The van der Waals surface area contributed by atoms with Crippen LogP contribution in [0.3, 0.4) is 0 Å². The van der Waals surface area contributed by atoms with Crippen LogP contribution >= 0.6 is 0 Å². The summed E-state index contributed by atoms with van der Waals surface area (Å²) in [5, 5.41) is 0. The molecular formula is C14H23NO2. The van der Waals surface area contributed by atoms with Crippen LogP contribution in [-0.2, 0) is 4.74 Å². The topological polar surface area (TPSA) is 29.5 Å². The summed E-state index contributed by atoms with van der Waals surface area (Å²) >= 11 is 0. The van der Waals surface area contributed by atoms with E-state index in [0.717, 1.165) is 44.7 Å². The normalized spacial score (nSPS) is 16.6. The minimum atomic E-state index is -0.160. The molecule has 1 saturated heterocycles. The summed E-state index contributed by atoms with van der Waals surface area (Å²) in [6.45, 7) is 7.30. The highest BCUT2D eigenvalue weighted by atomic mass is 16.6. The van der Waals surface area contributed by atoms with Crippen LogP contribution in [-0.4, -0.2) is 30.2 Å². The molecule has 0 N–H and O–H groups in total. The van der Waals surface area contributed by atoms with E-state index in [1.807, 2.05) is 25.7 Å². The van der Waals surface area contributed by atoms with Gasteiger partial charge in [-0.15, -0.1) is 11.8 Å². The summed E-state index contributed by atoms with van der Waals surface area (Å²) in [6.07, 6.45) is 4.12. The fraction of sp³-hybridized carbons (Fsp3) is 0.786. The second kappa shape index (κ2) is 7.21. The molecule has 3 heteroatoms. The van der Waals surface area contributed by atoms with Crippen molar-refractivity contribution in [1.29, 1.82) is 0 Å². The predicted octanol–water partition coefficient (Wildman–Crippen LogP) is 3.05. The third-order valence-electron chi connectivity index (χ3n) is 3.06. The Bertz CT molecular complexity index is 293. The number of likely N-dealkylation sites (tertiary alicyclic amines) is 1. The summed E-state index contributed by atoms with van der Waals surface area (Å²) in [6, 6.07) is 0. The van der Waals surface area contributed by atoms with Crippen molar-refractivity contribution in [3.63, 3.8) is 0 Å². The Kier molecular flexibility index (Phi) is 5.90. The highest BCUT2D eigenvalue weighted by Crippen LogP contribution is 2.22. The third-order valence-corrected chi connectivity index (χ3v) is 3.06. The fourth-order valence-electron chi connectivity index (χ4n) is 2.08. The van der Waals surface area contributed by atoms with Crippen molar-refractivity contribution in [1.82, 2.24) is 4.90 Å². The maximum absolute atomic E-state index is 11.7. The van der Waals surface area contributed by atoms with E-state index in [1.165, 1.54) is 0 Å². The molecule has 0 aromatic rings. The standard InChI is InChI=1S/C14H23NO2/c1-4-5-6-7-13-8-10-15(11-9-13)14(16)17-12(2)3/h12-13H,6-11H2,1-3H3. The number of rotatable bonds is 3. The van der Waals surface area contributed by atoms with Crippen molar-refractivity contribution in [3.05, 3.63) is 0 Å². The molecule has 0 radical (unpaired) electrons. The first kappa shape index (κ1) is 13.9. The lowest BCUT2D eigenvalue weighted by Crippen LogP contribution is -2.39. The van der Waals surface area contributed by atoms with Crippen LogP contribution in [0.4, 0.5) is 4.79 Å². The molecule has 1 heterocycles. The van der Waals surface area contributed by atoms with Crippen LogP contribution in [0.5, 0.6) is 0 Å². The van der Waals surface area contributed by atoms with Gasteiger partial charge in [0.05, 0.1) is 6.10 Å². The number of piperidine rings is 1. The molecule has 1 fully saturated rings. The van der Waals surface area contributed by atoms with Crippen LogP contribution < -0.4 is 0 Å². The van der Waals surface area contributed by atoms with Gasteiger partial charge in [0.15, 0.2) is 0 Å². The minimum absolute atomic E-state index is 0.0277. The Balaban J connectivity index is 2.24. The fourth-order valence-corrected chi connectivity index (χ4v) is 2.08. The largest absolute Gasteiger partial charge is 0.447 e. The van der Waals surface area contributed by atoms with Crippen molar-refractivity contribution in [2.45, 2.75) is 52.6 Å². The predicted molar refractivity (Wildman–Crippen MR) is 68.6 cm³/mol. The van der Waals surface area contributed by atoms with Crippen LogP contribution in [0.2, 0.25) is 0 Å². The smallest absolute Gasteiger partial charge is 0.410 e. The Morgan fingerprint density at radius 3 is 2.59 bits per heavy atom. The Morgan fingerprint density at radius 1 is 1.41 bits per heavy atom.